The number of amides is 1. The van der Waals surface area contributed by atoms with Crippen LogP contribution in [0, 0.1) is 0 Å². The summed E-state index contributed by atoms with van der Waals surface area (Å²) in [6.45, 7) is 13.9. The van der Waals surface area contributed by atoms with Crippen molar-refractivity contribution < 1.29 is 37.1 Å². The third kappa shape index (κ3) is 12.2. The first-order valence-corrected chi connectivity index (χ1v) is 17.2. The molecule has 0 saturated heterocycles. The second-order valence-electron chi connectivity index (χ2n) is 12.6. The zero-order valence-corrected chi connectivity index (χ0v) is 30.2. The lowest BCUT2D eigenvalue weighted by molar-refractivity contribution is 0.0351. The molecule has 2 rings (SSSR count). The molecule has 248 valence electrons. The maximum absolute atomic E-state index is 12.9. The second-order valence-corrected chi connectivity index (χ2v) is 16.0. The summed E-state index contributed by atoms with van der Waals surface area (Å²) >= 11 is 8.39. The van der Waals surface area contributed by atoms with Crippen LogP contribution in [0.15, 0.2) is 46.2 Å². The van der Waals surface area contributed by atoms with Gasteiger partial charge >= 0.3 is 13.9 Å². The molecule has 0 heterocycles. The second kappa shape index (κ2) is 16.7. The number of alkyl carbamates (subject to hydrolysis) is 1. The fourth-order valence-corrected chi connectivity index (χ4v) is 6.49. The molecule has 12 heteroatoms. The van der Waals surface area contributed by atoms with Crippen LogP contribution in [0.25, 0.3) is 0 Å². The molecular weight excluding hydrogens is 625 g/mol. The molecule has 0 fully saturated rings. The van der Waals surface area contributed by atoms with Crippen LogP contribution in [0.4, 0.5) is 4.79 Å². The lowest BCUT2D eigenvalue weighted by Crippen LogP contribution is -2.53. The zero-order chi connectivity index (χ0) is 33.2. The van der Waals surface area contributed by atoms with Crippen molar-refractivity contribution in [2.75, 3.05) is 34.7 Å². The molecule has 0 spiro atoms. The van der Waals surface area contributed by atoms with E-state index in [0.29, 0.717) is 30.7 Å². The molecule has 0 aromatic heterocycles. The Labute approximate surface area is 272 Å². The van der Waals surface area contributed by atoms with Crippen molar-refractivity contribution in [2.24, 2.45) is 0 Å². The number of phosphoric acid groups is 1. The number of carbonyl (C=O) groups excluding carboxylic acids is 1. The van der Waals surface area contributed by atoms with Crippen molar-refractivity contribution in [1.29, 1.82) is 0 Å². The van der Waals surface area contributed by atoms with Crippen molar-refractivity contribution >= 4 is 37.3 Å². The van der Waals surface area contributed by atoms with Crippen LogP contribution in [0.2, 0.25) is 5.02 Å². The monoisotopic (exact) mass is 673 g/mol. The molecule has 2 aromatic carbocycles. The zero-order valence-electron chi connectivity index (χ0n) is 27.7. The van der Waals surface area contributed by atoms with Gasteiger partial charge in [0.2, 0.25) is 0 Å². The number of benzene rings is 2. The van der Waals surface area contributed by atoms with E-state index in [4.69, 9.17) is 39.4 Å². The third-order valence-electron chi connectivity index (χ3n) is 6.71. The Morgan fingerprint density at radius 3 is 2.20 bits per heavy atom. The van der Waals surface area contributed by atoms with E-state index < -0.39 is 25.1 Å². The van der Waals surface area contributed by atoms with Gasteiger partial charge < -0.3 is 19.5 Å². The van der Waals surface area contributed by atoms with Crippen LogP contribution in [-0.2, 0) is 39.4 Å². The average molecular weight is 674 g/mol. The van der Waals surface area contributed by atoms with Gasteiger partial charge in [0.15, 0.2) is 6.79 Å². The van der Waals surface area contributed by atoms with Gasteiger partial charge in [0.25, 0.3) is 0 Å². The standard InChI is InChI=1S/C32H49ClNO8PS/c1-11-17-32(21-41-43(36,38-9)39-10,34-29(35)42-31(5,6)7)18-16-23-12-14-25(20-26(23)33)44-28-19-24(30(2,3)4)13-15-27(28)40-22-37-8/h12-15,19-20H,11,16-18,21-22H2,1-10H3,(H,34,35). The molecule has 2 aromatic rings. The number of rotatable bonds is 16. The van der Waals surface area contributed by atoms with E-state index in [9.17, 15) is 9.36 Å². The number of hydrogen-bond acceptors (Lipinski definition) is 9. The number of nitrogens with one attached hydrogen (secondary N) is 1. The van der Waals surface area contributed by atoms with Crippen LogP contribution < -0.4 is 10.1 Å². The predicted molar refractivity (Wildman–Crippen MR) is 176 cm³/mol. The summed E-state index contributed by atoms with van der Waals surface area (Å²) in [4.78, 5) is 14.8. The Morgan fingerprint density at radius 1 is 0.977 bits per heavy atom. The smallest absolute Gasteiger partial charge is 0.466 e. The molecular formula is C32H49ClNO8PS. The van der Waals surface area contributed by atoms with Crippen molar-refractivity contribution in [3.8, 4) is 5.75 Å². The van der Waals surface area contributed by atoms with E-state index in [1.807, 2.05) is 31.2 Å². The minimum Gasteiger partial charge on any atom is -0.466 e. The minimum atomic E-state index is -3.80. The molecule has 1 amide bonds. The first-order chi connectivity index (χ1) is 20.5. The van der Waals surface area contributed by atoms with Crippen LogP contribution in [0.5, 0.6) is 5.75 Å². The van der Waals surface area contributed by atoms with E-state index >= 15 is 0 Å². The van der Waals surface area contributed by atoms with Gasteiger partial charge in [0, 0.05) is 31.2 Å². The van der Waals surface area contributed by atoms with Gasteiger partial charge in [0.05, 0.1) is 17.0 Å². The first kappa shape index (κ1) is 38.4. The molecule has 0 saturated carbocycles. The van der Waals surface area contributed by atoms with Gasteiger partial charge in [-0.25, -0.2) is 9.36 Å². The molecule has 1 atom stereocenters. The minimum absolute atomic E-state index is 0.0289. The first-order valence-electron chi connectivity index (χ1n) is 14.6. The van der Waals surface area contributed by atoms with Gasteiger partial charge in [0.1, 0.15) is 11.4 Å². The summed E-state index contributed by atoms with van der Waals surface area (Å²) < 4.78 is 44.8. The lowest BCUT2D eigenvalue weighted by atomic mass is 9.87. The Morgan fingerprint density at radius 2 is 1.66 bits per heavy atom. The highest BCUT2D eigenvalue weighted by atomic mass is 35.5. The molecule has 0 aliphatic heterocycles. The molecule has 0 aliphatic rings. The normalized spacial score (nSPS) is 13.8. The molecule has 0 bridgehead atoms. The van der Waals surface area contributed by atoms with Gasteiger partial charge in [-0.3, -0.25) is 13.6 Å². The average Bonchev–Trinajstić information content (AvgIpc) is 2.93. The molecule has 0 aliphatic carbocycles. The predicted octanol–water partition coefficient (Wildman–Crippen LogP) is 9.19. The van der Waals surface area contributed by atoms with E-state index in [0.717, 1.165) is 21.1 Å². The van der Waals surface area contributed by atoms with E-state index in [1.165, 1.54) is 19.8 Å². The van der Waals surface area contributed by atoms with Crippen molar-refractivity contribution in [2.45, 2.75) is 100 Å². The number of methoxy groups -OCH3 is 1. The van der Waals surface area contributed by atoms with Gasteiger partial charge in [-0.2, -0.15) is 0 Å². The van der Waals surface area contributed by atoms with Crippen molar-refractivity contribution in [3.63, 3.8) is 0 Å². The van der Waals surface area contributed by atoms with Gasteiger partial charge in [-0.1, -0.05) is 69.6 Å². The van der Waals surface area contributed by atoms with Crippen molar-refractivity contribution in [1.82, 2.24) is 5.32 Å². The van der Waals surface area contributed by atoms with E-state index in [1.54, 1.807) is 39.6 Å². The highest BCUT2D eigenvalue weighted by Crippen LogP contribution is 2.48. The summed E-state index contributed by atoms with van der Waals surface area (Å²) in [6.07, 6.45) is 1.59. The van der Waals surface area contributed by atoms with E-state index in [2.05, 4.69) is 38.2 Å². The van der Waals surface area contributed by atoms with E-state index in [-0.39, 0.29) is 18.8 Å². The highest BCUT2D eigenvalue weighted by Gasteiger charge is 2.37. The summed E-state index contributed by atoms with van der Waals surface area (Å²) in [7, 11) is 0.292. The maximum atomic E-state index is 12.9. The number of hydrogen-bond donors (Lipinski definition) is 1. The third-order valence-corrected chi connectivity index (χ3v) is 9.43. The fraction of sp³-hybridized carbons (Fsp3) is 0.594. The SMILES string of the molecule is CCCC(CCc1ccc(Sc2cc(C(C)(C)C)ccc2OCOC)cc1Cl)(COP(=O)(OC)OC)NC(=O)OC(C)(C)C. The molecule has 44 heavy (non-hydrogen) atoms. The maximum Gasteiger partial charge on any atom is 0.474 e. The van der Waals surface area contributed by atoms with Crippen LogP contribution in [0.1, 0.15) is 78.9 Å². The Kier molecular flexibility index (Phi) is 14.6. The number of phosphoric ester groups is 1. The summed E-state index contributed by atoms with van der Waals surface area (Å²) in [5.74, 6) is 0.729. The molecule has 0 radical (unpaired) electrons. The fourth-order valence-electron chi connectivity index (χ4n) is 4.40. The highest BCUT2D eigenvalue weighted by molar-refractivity contribution is 7.99. The number of halogens is 1. The number of aryl methyl sites for hydroxylation is 1. The summed E-state index contributed by atoms with van der Waals surface area (Å²) in [6, 6.07) is 12.1. The van der Waals surface area contributed by atoms with Gasteiger partial charge in [-0.15, -0.1) is 0 Å². The van der Waals surface area contributed by atoms with Crippen LogP contribution >= 0.6 is 31.2 Å². The van der Waals surface area contributed by atoms with Gasteiger partial charge in [-0.05, 0) is 80.8 Å². The topological polar surface area (TPSA) is 102 Å². The summed E-state index contributed by atoms with van der Waals surface area (Å²) in [5.41, 5.74) is 0.421. The molecule has 1 unspecified atom stereocenters. The number of ether oxygens (including phenoxy) is 3. The molecule has 9 nitrogen and oxygen atoms in total. The Balaban J connectivity index is 2.34. The Hall–Kier alpha value is -1.78. The quantitative estimate of drug-likeness (QED) is 0.138. The van der Waals surface area contributed by atoms with Crippen LogP contribution in [-0.4, -0.2) is 52.0 Å². The largest absolute Gasteiger partial charge is 0.474 e. The molecule has 1 N–H and O–H groups in total. The van der Waals surface area contributed by atoms with Crippen molar-refractivity contribution in [3.05, 3.63) is 52.5 Å². The lowest BCUT2D eigenvalue weighted by Gasteiger charge is -2.36. The number of carbonyl (C=O) groups is 1. The summed E-state index contributed by atoms with van der Waals surface area (Å²) in [5, 5.41) is 3.58. The van der Waals surface area contributed by atoms with Crippen LogP contribution in [0.3, 0.4) is 0 Å². The Bertz CT molecular complexity index is 1270.